The van der Waals surface area contributed by atoms with Crippen molar-refractivity contribution >= 4 is 34.1 Å². The van der Waals surface area contributed by atoms with Crippen LogP contribution in [0.4, 0.5) is 0 Å². The lowest BCUT2D eigenvalue weighted by Gasteiger charge is -2.10. The van der Waals surface area contributed by atoms with Crippen molar-refractivity contribution in [2.75, 3.05) is 7.11 Å². The van der Waals surface area contributed by atoms with Crippen molar-refractivity contribution in [1.29, 1.82) is 0 Å². The summed E-state index contributed by atoms with van der Waals surface area (Å²) in [4.78, 5) is 11.0. The van der Waals surface area contributed by atoms with Crippen LogP contribution in [0, 0.1) is 0 Å². The van der Waals surface area contributed by atoms with Crippen molar-refractivity contribution in [3.8, 4) is 11.5 Å². The van der Waals surface area contributed by atoms with Gasteiger partial charge in [0.15, 0.2) is 11.5 Å². The van der Waals surface area contributed by atoms with E-state index in [4.69, 9.17) is 20.9 Å². The summed E-state index contributed by atoms with van der Waals surface area (Å²) < 4.78 is 10.7. The van der Waals surface area contributed by atoms with Gasteiger partial charge in [-0.2, -0.15) is 5.10 Å². The summed E-state index contributed by atoms with van der Waals surface area (Å²) in [7, 11) is 1.46. The molecule has 0 spiro atoms. The van der Waals surface area contributed by atoms with Gasteiger partial charge in [0.05, 0.1) is 17.8 Å². The molecule has 4 N–H and O–H groups in total. The van der Waals surface area contributed by atoms with Gasteiger partial charge in [0.1, 0.15) is 0 Å². The fraction of sp³-hybridized carbons (Fsp3) is 0.182. The van der Waals surface area contributed by atoms with E-state index < -0.39 is 5.97 Å². The number of halogens is 1. The summed E-state index contributed by atoms with van der Waals surface area (Å²) >= 11 is 3.28. The Labute approximate surface area is 118 Å². The van der Waals surface area contributed by atoms with Crippen LogP contribution in [0.5, 0.6) is 11.5 Å². The average molecular weight is 329 g/mol. The molecule has 0 saturated carbocycles. The van der Waals surface area contributed by atoms with Crippen molar-refractivity contribution in [1.82, 2.24) is 0 Å². The van der Waals surface area contributed by atoms with Gasteiger partial charge in [0.25, 0.3) is 0 Å². The van der Waals surface area contributed by atoms with Crippen LogP contribution >= 0.6 is 15.9 Å². The van der Waals surface area contributed by atoms with Crippen LogP contribution in [0.25, 0.3) is 0 Å². The third-order valence-corrected chi connectivity index (χ3v) is 2.47. The lowest BCUT2D eigenvalue weighted by Crippen LogP contribution is -2.21. The monoisotopic (exact) mass is 328 g/mol. The minimum absolute atomic E-state index is 0.140. The van der Waals surface area contributed by atoms with Crippen LogP contribution in [0.15, 0.2) is 26.8 Å². The van der Waals surface area contributed by atoms with Crippen LogP contribution < -0.4 is 20.9 Å². The first-order valence-corrected chi connectivity index (χ1v) is 5.91. The second kappa shape index (κ2) is 6.74. The second-order valence-electron chi connectivity index (χ2n) is 3.40. The molecule has 0 heterocycles. The average Bonchev–Trinajstić information content (AvgIpc) is 2.31. The molecule has 0 unspecified atom stereocenters. The van der Waals surface area contributed by atoms with E-state index in [1.807, 2.05) is 0 Å². The molecule has 0 aliphatic rings. The van der Waals surface area contributed by atoms with E-state index in [2.05, 4.69) is 26.1 Å². The molecule has 0 radical (unpaired) electrons. The lowest BCUT2D eigenvalue weighted by molar-refractivity contribution is -0.132. The molecule has 0 amide bonds. The van der Waals surface area contributed by atoms with E-state index in [0.717, 1.165) is 0 Å². The number of hydrogen-bond acceptors (Lipinski definition) is 5. The maximum Gasteiger partial charge on any atom is 0.308 e. The molecule has 7 nitrogen and oxygen atoms in total. The Balaban J connectivity index is 3.12. The number of carbonyl (C=O) groups excluding carboxylic acids is 1. The molecule has 0 atom stereocenters. The molecule has 1 aromatic carbocycles. The van der Waals surface area contributed by atoms with Crippen molar-refractivity contribution in [2.24, 2.45) is 21.7 Å². The zero-order valence-electron chi connectivity index (χ0n) is 10.4. The first-order valence-electron chi connectivity index (χ1n) is 5.12. The van der Waals surface area contributed by atoms with Gasteiger partial charge in [-0.1, -0.05) is 0 Å². The molecule has 0 bridgehead atoms. The maximum absolute atomic E-state index is 11.0. The molecule has 1 aromatic rings. The Kier molecular flexibility index (Phi) is 5.31. The van der Waals surface area contributed by atoms with E-state index in [1.165, 1.54) is 20.2 Å². The summed E-state index contributed by atoms with van der Waals surface area (Å²) in [6.45, 7) is 1.31. The van der Waals surface area contributed by atoms with Crippen LogP contribution in [-0.2, 0) is 4.79 Å². The Morgan fingerprint density at radius 1 is 1.42 bits per heavy atom. The highest BCUT2D eigenvalue weighted by Crippen LogP contribution is 2.36. The van der Waals surface area contributed by atoms with Gasteiger partial charge < -0.3 is 20.9 Å². The van der Waals surface area contributed by atoms with E-state index in [-0.39, 0.29) is 5.96 Å². The largest absolute Gasteiger partial charge is 0.493 e. The topological polar surface area (TPSA) is 112 Å². The van der Waals surface area contributed by atoms with E-state index in [9.17, 15) is 4.79 Å². The van der Waals surface area contributed by atoms with Gasteiger partial charge in [-0.05, 0) is 33.6 Å². The number of methoxy groups -OCH3 is 1. The van der Waals surface area contributed by atoms with Crippen LogP contribution in [0.3, 0.4) is 0 Å². The number of benzene rings is 1. The number of guanidine groups is 1. The van der Waals surface area contributed by atoms with Gasteiger partial charge >= 0.3 is 5.97 Å². The van der Waals surface area contributed by atoms with Gasteiger partial charge in [-0.3, -0.25) is 4.79 Å². The molecule has 8 heteroatoms. The van der Waals surface area contributed by atoms with Gasteiger partial charge in [-0.25, -0.2) is 0 Å². The van der Waals surface area contributed by atoms with Crippen LogP contribution in [0.1, 0.15) is 12.5 Å². The lowest BCUT2D eigenvalue weighted by atomic mass is 10.2. The highest BCUT2D eigenvalue weighted by Gasteiger charge is 2.12. The fourth-order valence-corrected chi connectivity index (χ4v) is 1.76. The fourth-order valence-electron chi connectivity index (χ4n) is 1.22. The number of nitrogens with two attached hydrogens (primary N) is 2. The minimum atomic E-state index is -0.444. The minimum Gasteiger partial charge on any atom is -0.493 e. The first kappa shape index (κ1) is 15.0. The molecule has 0 aliphatic carbocycles. The molecular weight excluding hydrogens is 316 g/mol. The molecule has 0 saturated heterocycles. The number of rotatable bonds is 4. The van der Waals surface area contributed by atoms with Gasteiger partial charge in [0.2, 0.25) is 5.96 Å². The summed E-state index contributed by atoms with van der Waals surface area (Å²) in [6, 6.07) is 3.32. The van der Waals surface area contributed by atoms with Crippen molar-refractivity contribution < 1.29 is 14.3 Å². The molecule has 0 fully saturated rings. The van der Waals surface area contributed by atoms with Gasteiger partial charge in [-0.15, -0.1) is 5.10 Å². The Morgan fingerprint density at radius 3 is 2.63 bits per heavy atom. The molecular formula is C11H13BrN4O3. The van der Waals surface area contributed by atoms with Crippen molar-refractivity contribution in [3.05, 3.63) is 22.2 Å². The molecule has 19 heavy (non-hydrogen) atoms. The van der Waals surface area contributed by atoms with Crippen molar-refractivity contribution in [3.63, 3.8) is 0 Å². The number of hydrogen-bond donors (Lipinski definition) is 2. The highest BCUT2D eigenvalue weighted by atomic mass is 79.9. The van der Waals surface area contributed by atoms with Crippen LogP contribution in [-0.4, -0.2) is 25.3 Å². The Bertz CT molecular complexity index is 539. The summed E-state index contributed by atoms with van der Waals surface area (Å²) in [6.07, 6.45) is 1.44. The number of nitrogens with zero attached hydrogens (tertiary/aromatic N) is 2. The standard InChI is InChI=1S/C11H13BrN4O3/c1-6(17)19-10-8(12)3-7(4-9(10)18-2)5-15-16-11(13)14/h3-5H,1-2H3,(H4,13,14,16). The smallest absolute Gasteiger partial charge is 0.308 e. The van der Waals surface area contributed by atoms with E-state index in [0.29, 0.717) is 21.5 Å². The quantitative estimate of drug-likeness (QED) is 0.281. The second-order valence-corrected chi connectivity index (χ2v) is 4.25. The SMILES string of the molecule is COc1cc(C=NN=C(N)N)cc(Br)c1OC(C)=O. The molecule has 1 rings (SSSR count). The van der Waals surface area contributed by atoms with E-state index in [1.54, 1.807) is 12.1 Å². The summed E-state index contributed by atoms with van der Waals surface area (Å²) in [5, 5.41) is 7.15. The van der Waals surface area contributed by atoms with Crippen LogP contribution in [0.2, 0.25) is 0 Å². The molecule has 0 aromatic heterocycles. The molecule has 0 aliphatic heterocycles. The highest BCUT2D eigenvalue weighted by molar-refractivity contribution is 9.10. The Morgan fingerprint density at radius 2 is 2.11 bits per heavy atom. The van der Waals surface area contributed by atoms with Gasteiger partial charge in [0, 0.05) is 6.92 Å². The Hall–Kier alpha value is -2.09. The van der Waals surface area contributed by atoms with Crippen molar-refractivity contribution in [2.45, 2.75) is 6.92 Å². The normalized spacial score (nSPS) is 10.3. The first-order chi connectivity index (χ1) is 8.93. The summed E-state index contributed by atoms with van der Waals surface area (Å²) in [5.74, 6) is 0.101. The summed E-state index contributed by atoms with van der Waals surface area (Å²) in [5.41, 5.74) is 11.0. The maximum atomic E-state index is 11.0. The number of carbonyl (C=O) groups is 1. The third kappa shape index (κ3) is 4.59. The zero-order valence-corrected chi connectivity index (χ0v) is 12.0. The third-order valence-electron chi connectivity index (χ3n) is 1.88. The molecule has 102 valence electrons. The zero-order chi connectivity index (χ0) is 14.4. The number of ether oxygens (including phenoxy) is 2. The number of esters is 1. The predicted octanol–water partition coefficient (Wildman–Crippen LogP) is 0.990. The predicted molar refractivity (Wildman–Crippen MR) is 75.4 cm³/mol. The van der Waals surface area contributed by atoms with E-state index >= 15 is 0 Å².